The number of aliphatic carboxylic acids is 1. The first-order valence-corrected chi connectivity index (χ1v) is 10.3. The van der Waals surface area contributed by atoms with Crippen molar-refractivity contribution in [3.8, 4) is 17.2 Å². The molecule has 2 aromatic carbocycles. The van der Waals surface area contributed by atoms with Crippen LogP contribution in [0.25, 0.3) is 11.5 Å². The lowest BCUT2D eigenvalue weighted by atomic mass is 9.90. The number of hydrogen-bond donors (Lipinski definition) is 2. The normalized spacial score (nSPS) is 17.8. The highest BCUT2D eigenvalue weighted by Gasteiger charge is 2.32. The van der Waals surface area contributed by atoms with Gasteiger partial charge in [-0.3, -0.25) is 4.79 Å². The Hall–Kier alpha value is -2.83. The molecule has 0 aliphatic carbocycles. The lowest BCUT2D eigenvalue weighted by Gasteiger charge is -2.14. The summed E-state index contributed by atoms with van der Waals surface area (Å²) in [7, 11) is 0. The van der Waals surface area contributed by atoms with E-state index < -0.39 is 5.97 Å². The molecule has 0 radical (unpaired) electrons. The van der Waals surface area contributed by atoms with Gasteiger partial charge in [-0.1, -0.05) is 30.3 Å². The molecule has 6 nitrogen and oxygen atoms in total. The average molecular weight is 443 g/mol. The molecule has 1 aromatic heterocycles. The minimum atomic E-state index is -0.719. The summed E-state index contributed by atoms with van der Waals surface area (Å²) in [6.07, 6.45) is 1.42. The molecule has 0 unspecified atom stereocenters. The molecule has 1 aliphatic heterocycles. The third kappa shape index (κ3) is 5.66. The molecule has 164 valence electrons. The second-order valence-corrected chi connectivity index (χ2v) is 7.70. The van der Waals surface area contributed by atoms with Crippen molar-refractivity contribution in [3.05, 3.63) is 71.6 Å². The lowest BCUT2D eigenvalue weighted by Crippen LogP contribution is -2.23. The molecule has 0 saturated carbocycles. The number of halogens is 1. The number of benzene rings is 2. The van der Waals surface area contributed by atoms with E-state index in [-0.39, 0.29) is 24.2 Å². The molecule has 1 aliphatic rings. The number of nitrogens with zero attached hydrogens (tertiary/aromatic N) is 1. The van der Waals surface area contributed by atoms with Crippen LogP contribution in [0.5, 0.6) is 5.75 Å². The van der Waals surface area contributed by atoms with Crippen molar-refractivity contribution in [2.75, 3.05) is 19.7 Å². The zero-order valence-corrected chi connectivity index (χ0v) is 18.2. The summed E-state index contributed by atoms with van der Waals surface area (Å²) in [4.78, 5) is 15.9. The van der Waals surface area contributed by atoms with Gasteiger partial charge in [0, 0.05) is 18.5 Å². The highest BCUT2D eigenvalue weighted by Crippen LogP contribution is 2.24. The van der Waals surface area contributed by atoms with Gasteiger partial charge in [-0.25, -0.2) is 4.98 Å². The Kier molecular flexibility index (Phi) is 7.71. The second-order valence-electron chi connectivity index (χ2n) is 7.70. The van der Waals surface area contributed by atoms with Crippen molar-refractivity contribution in [2.24, 2.45) is 11.8 Å². The van der Waals surface area contributed by atoms with Crippen LogP contribution in [0.2, 0.25) is 0 Å². The van der Waals surface area contributed by atoms with Crippen LogP contribution < -0.4 is 10.1 Å². The van der Waals surface area contributed by atoms with E-state index in [2.05, 4.69) is 10.3 Å². The monoisotopic (exact) mass is 442 g/mol. The number of carboxylic acid groups (broad SMARTS) is 1. The van der Waals surface area contributed by atoms with Crippen LogP contribution in [-0.2, 0) is 17.6 Å². The number of hydrogen-bond acceptors (Lipinski definition) is 5. The molecule has 2 N–H and O–H groups in total. The smallest absolute Gasteiger partial charge is 0.308 e. The summed E-state index contributed by atoms with van der Waals surface area (Å²) >= 11 is 0. The Balaban J connectivity index is 0.00000272. The third-order valence-electron chi connectivity index (χ3n) is 5.60. The highest BCUT2D eigenvalue weighted by atomic mass is 35.5. The molecule has 1 fully saturated rings. The Morgan fingerprint density at radius 3 is 2.61 bits per heavy atom. The van der Waals surface area contributed by atoms with Crippen LogP contribution in [0.1, 0.15) is 17.0 Å². The van der Waals surface area contributed by atoms with Crippen LogP contribution in [0.15, 0.2) is 59.0 Å². The van der Waals surface area contributed by atoms with Crippen molar-refractivity contribution in [1.29, 1.82) is 0 Å². The number of aromatic nitrogens is 1. The van der Waals surface area contributed by atoms with Crippen molar-refractivity contribution in [1.82, 2.24) is 10.3 Å². The van der Waals surface area contributed by atoms with Gasteiger partial charge in [0.05, 0.1) is 18.2 Å². The summed E-state index contributed by atoms with van der Waals surface area (Å²) in [5.41, 5.74) is 2.99. The van der Waals surface area contributed by atoms with E-state index in [4.69, 9.17) is 9.15 Å². The molecular formula is C24H27ClN2O4. The van der Waals surface area contributed by atoms with E-state index in [0.29, 0.717) is 25.5 Å². The van der Waals surface area contributed by atoms with Crippen molar-refractivity contribution < 1.29 is 19.1 Å². The first kappa shape index (κ1) is 22.8. The van der Waals surface area contributed by atoms with E-state index in [1.54, 1.807) is 0 Å². The van der Waals surface area contributed by atoms with Crippen LogP contribution in [0, 0.1) is 18.8 Å². The average Bonchev–Trinajstić information content (AvgIpc) is 3.37. The standard InChI is InChI=1S/C24H26N2O4.ClH/c1-16-22(26-23(30-16)18-5-3-2-4-6-18)11-12-29-20-9-7-17(8-10-20)13-19-14-25-15-21(19)24(27)28;/h2-10,19,21,25H,11-15H2,1H3,(H,27,28);1H/t19-,21+;/m1./s1. The number of rotatable bonds is 8. The van der Waals surface area contributed by atoms with Gasteiger partial charge in [0.25, 0.3) is 0 Å². The van der Waals surface area contributed by atoms with Gasteiger partial charge in [0.2, 0.25) is 5.89 Å². The van der Waals surface area contributed by atoms with E-state index in [1.165, 1.54) is 0 Å². The minimum Gasteiger partial charge on any atom is -0.493 e. The highest BCUT2D eigenvalue weighted by molar-refractivity contribution is 5.85. The molecule has 2 heterocycles. The molecule has 0 spiro atoms. The SMILES string of the molecule is Cc1oc(-c2ccccc2)nc1CCOc1ccc(C[C@@H]2CNC[C@@H]2C(=O)O)cc1.Cl. The van der Waals surface area contributed by atoms with Crippen molar-refractivity contribution in [2.45, 2.75) is 19.8 Å². The first-order chi connectivity index (χ1) is 14.6. The van der Waals surface area contributed by atoms with Crippen LogP contribution in [0.4, 0.5) is 0 Å². The molecule has 1 saturated heterocycles. The zero-order chi connectivity index (χ0) is 20.9. The Labute approximate surface area is 188 Å². The minimum absolute atomic E-state index is 0. The Morgan fingerprint density at radius 2 is 1.90 bits per heavy atom. The van der Waals surface area contributed by atoms with Crippen molar-refractivity contribution in [3.63, 3.8) is 0 Å². The van der Waals surface area contributed by atoms with E-state index in [9.17, 15) is 9.90 Å². The summed E-state index contributed by atoms with van der Waals surface area (Å²) in [5.74, 6) is 1.33. The lowest BCUT2D eigenvalue weighted by molar-refractivity contribution is -0.142. The molecule has 4 rings (SSSR count). The van der Waals surface area contributed by atoms with Crippen LogP contribution >= 0.6 is 12.4 Å². The topological polar surface area (TPSA) is 84.6 Å². The molecule has 7 heteroatoms. The fraction of sp³-hybridized carbons (Fsp3) is 0.333. The van der Waals surface area contributed by atoms with Crippen LogP contribution in [-0.4, -0.2) is 35.8 Å². The number of nitrogens with one attached hydrogen (secondary N) is 1. The zero-order valence-electron chi connectivity index (χ0n) is 17.4. The van der Waals surface area contributed by atoms with Gasteiger partial charge in [0.15, 0.2) is 0 Å². The maximum atomic E-state index is 11.3. The summed E-state index contributed by atoms with van der Waals surface area (Å²) < 4.78 is 11.7. The number of carbonyl (C=O) groups is 1. The molecule has 3 aromatic rings. The summed E-state index contributed by atoms with van der Waals surface area (Å²) in [6, 6.07) is 17.8. The summed E-state index contributed by atoms with van der Waals surface area (Å²) in [5, 5.41) is 12.5. The Bertz CT molecular complexity index is 989. The second kappa shape index (κ2) is 10.5. The maximum absolute atomic E-state index is 11.3. The fourth-order valence-corrected chi connectivity index (χ4v) is 3.89. The van der Waals surface area contributed by atoms with Crippen molar-refractivity contribution >= 4 is 18.4 Å². The van der Waals surface area contributed by atoms with Gasteiger partial charge in [-0.05, 0) is 55.6 Å². The Morgan fingerprint density at radius 1 is 1.16 bits per heavy atom. The van der Waals surface area contributed by atoms with E-state index in [0.717, 1.165) is 41.3 Å². The number of aryl methyl sites for hydroxylation is 1. The first-order valence-electron chi connectivity index (χ1n) is 10.3. The third-order valence-corrected chi connectivity index (χ3v) is 5.60. The predicted molar refractivity (Wildman–Crippen MR) is 121 cm³/mol. The molecular weight excluding hydrogens is 416 g/mol. The molecule has 2 atom stereocenters. The number of ether oxygens (including phenoxy) is 1. The van der Waals surface area contributed by atoms with Gasteiger partial charge in [-0.15, -0.1) is 12.4 Å². The fourth-order valence-electron chi connectivity index (χ4n) is 3.89. The van der Waals surface area contributed by atoms with E-state index in [1.807, 2.05) is 61.5 Å². The summed E-state index contributed by atoms with van der Waals surface area (Å²) in [6.45, 7) is 3.73. The molecule has 0 bridgehead atoms. The number of carboxylic acids is 1. The molecule has 0 amide bonds. The number of oxazole rings is 1. The van der Waals surface area contributed by atoms with Gasteiger partial charge >= 0.3 is 5.97 Å². The van der Waals surface area contributed by atoms with E-state index >= 15 is 0 Å². The van der Waals surface area contributed by atoms with Crippen LogP contribution in [0.3, 0.4) is 0 Å². The van der Waals surface area contributed by atoms with Gasteiger partial charge < -0.3 is 19.6 Å². The quantitative estimate of drug-likeness (QED) is 0.545. The van der Waals surface area contributed by atoms with Gasteiger partial charge in [0.1, 0.15) is 11.5 Å². The molecule has 31 heavy (non-hydrogen) atoms. The predicted octanol–water partition coefficient (Wildman–Crippen LogP) is 4.16. The largest absolute Gasteiger partial charge is 0.493 e. The maximum Gasteiger partial charge on any atom is 0.308 e. The van der Waals surface area contributed by atoms with Gasteiger partial charge in [-0.2, -0.15) is 0 Å².